The van der Waals surface area contributed by atoms with E-state index in [1.54, 1.807) is 0 Å². The molecule has 86 valence electrons. The Kier molecular flexibility index (Phi) is 3.24. The van der Waals surface area contributed by atoms with E-state index >= 15 is 0 Å². The van der Waals surface area contributed by atoms with Crippen LogP contribution >= 0.6 is 11.3 Å². The standard InChI is InChI=1S/C11H15N3OS/c1-7(2)3-4-9-13-11(15-14-9)10-8(12)5-6-16-10/h5-7H,3-4,12H2,1-2H3. The molecule has 0 aliphatic heterocycles. The van der Waals surface area contributed by atoms with Crippen LogP contribution in [0.15, 0.2) is 16.0 Å². The van der Waals surface area contributed by atoms with Crippen LogP contribution in [0.4, 0.5) is 5.69 Å². The normalized spacial score (nSPS) is 11.2. The van der Waals surface area contributed by atoms with E-state index in [9.17, 15) is 0 Å². The third kappa shape index (κ3) is 2.41. The molecule has 2 aromatic rings. The van der Waals surface area contributed by atoms with Crippen molar-refractivity contribution in [1.29, 1.82) is 0 Å². The van der Waals surface area contributed by atoms with Crippen LogP contribution in [0.25, 0.3) is 10.8 Å². The van der Waals surface area contributed by atoms with Gasteiger partial charge in [0.2, 0.25) is 0 Å². The van der Waals surface area contributed by atoms with E-state index in [1.165, 1.54) is 11.3 Å². The van der Waals surface area contributed by atoms with Crippen LogP contribution in [0.2, 0.25) is 0 Å². The minimum Gasteiger partial charge on any atom is -0.397 e. The second-order valence-corrected chi connectivity index (χ2v) is 5.07. The quantitative estimate of drug-likeness (QED) is 0.887. The first-order valence-electron chi connectivity index (χ1n) is 5.32. The molecule has 2 aromatic heterocycles. The first-order chi connectivity index (χ1) is 7.66. The lowest BCUT2D eigenvalue weighted by Gasteiger charge is -1.98. The highest BCUT2D eigenvalue weighted by Crippen LogP contribution is 2.30. The first-order valence-corrected chi connectivity index (χ1v) is 6.20. The monoisotopic (exact) mass is 237 g/mol. The fourth-order valence-electron chi connectivity index (χ4n) is 1.36. The molecule has 0 saturated heterocycles. The Hall–Kier alpha value is -1.36. The van der Waals surface area contributed by atoms with Gasteiger partial charge in [0, 0.05) is 6.42 Å². The molecule has 4 nitrogen and oxygen atoms in total. The molecule has 0 aromatic carbocycles. The summed E-state index contributed by atoms with van der Waals surface area (Å²) in [4.78, 5) is 5.20. The fraction of sp³-hybridized carbons (Fsp3) is 0.455. The summed E-state index contributed by atoms with van der Waals surface area (Å²) in [5, 5.41) is 5.87. The van der Waals surface area contributed by atoms with Crippen LogP contribution in [-0.2, 0) is 6.42 Å². The number of nitrogens with two attached hydrogens (primary N) is 1. The van der Waals surface area contributed by atoms with Gasteiger partial charge in [0.25, 0.3) is 5.89 Å². The first kappa shape index (κ1) is 11.1. The van der Waals surface area contributed by atoms with Gasteiger partial charge in [0.15, 0.2) is 5.82 Å². The summed E-state index contributed by atoms with van der Waals surface area (Å²) in [6, 6.07) is 1.85. The predicted octanol–water partition coefficient (Wildman–Crippen LogP) is 2.97. The summed E-state index contributed by atoms with van der Waals surface area (Å²) in [5.41, 5.74) is 6.48. The zero-order chi connectivity index (χ0) is 11.5. The maximum atomic E-state index is 5.79. The van der Waals surface area contributed by atoms with Crippen LogP contribution in [0, 0.1) is 5.92 Å². The number of nitrogens with zero attached hydrogens (tertiary/aromatic N) is 2. The Morgan fingerprint density at radius 3 is 2.94 bits per heavy atom. The fourth-order valence-corrected chi connectivity index (χ4v) is 2.10. The molecule has 0 bridgehead atoms. The average molecular weight is 237 g/mol. The van der Waals surface area contributed by atoms with Gasteiger partial charge in [-0.1, -0.05) is 19.0 Å². The summed E-state index contributed by atoms with van der Waals surface area (Å²) in [6.45, 7) is 4.36. The van der Waals surface area contributed by atoms with Crippen molar-refractivity contribution in [2.24, 2.45) is 5.92 Å². The van der Waals surface area contributed by atoms with Crippen molar-refractivity contribution in [3.63, 3.8) is 0 Å². The van der Waals surface area contributed by atoms with E-state index in [1.807, 2.05) is 11.4 Å². The molecular weight excluding hydrogens is 222 g/mol. The average Bonchev–Trinajstić information content (AvgIpc) is 2.83. The topological polar surface area (TPSA) is 64.9 Å². The molecule has 5 heteroatoms. The van der Waals surface area contributed by atoms with Crippen molar-refractivity contribution in [2.75, 3.05) is 5.73 Å². The number of aromatic nitrogens is 2. The molecule has 0 aliphatic carbocycles. The number of hydrogen-bond donors (Lipinski definition) is 1. The molecule has 0 saturated carbocycles. The van der Waals surface area contributed by atoms with Crippen molar-refractivity contribution in [3.8, 4) is 10.8 Å². The molecule has 2 heterocycles. The highest BCUT2D eigenvalue weighted by atomic mass is 32.1. The van der Waals surface area contributed by atoms with Crippen molar-refractivity contribution in [1.82, 2.24) is 10.1 Å². The Bertz CT molecular complexity index is 461. The summed E-state index contributed by atoms with van der Waals surface area (Å²) in [5.74, 6) is 1.94. The smallest absolute Gasteiger partial charge is 0.270 e. The van der Waals surface area contributed by atoms with Crippen LogP contribution in [-0.4, -0.2) is 10.1 Å². The van der Waals surface area contributed by atoms with E-state index in [0.717, 1.165) is 23.5 Å². The number of rotatable bonds is 4. The van der Waals surface area contributed by atoms with Crippen molar-refractivity contribution in [2.45, 2.75) is 26.7 Å². The second kappa shape index (κ2) is 4.65. The molecule has 0 fully saturated rings. The predicted molar refractivity (Wildman–Crippen MR) is 65.2 cm³/mol. The van der Waals surface area contributed by atoms with Gasteiger partial charge in [-0.15, -0.1) is 11.3 Å². The van der Waals surface area contributed by atoms with Gasteiger partial charge in [-0.25, -0.2) is 0 Å². The van der Waals surface area contributed by atoms with Crippen LogP contribution in [0.3, 0.4) is 0 Å². The molecule has 0 radical (unpaired) electrons. The molecule has 0 spiro atoms. The molecular formula is C11H15N3OS. The number of nitrogen functional groups attached to an aromatic ring is 1. The Labute approximate surface area is 98.5 Å². The van der Waals surface area contributed by atoms with E-state index in [2.05, 4.69) is 24.0 Å². The van der Waals surface area contributed by atoms with Crippen LogP contribution < -0.4 is 5.73 Å². The highest BCUT2D eigenvalue weighted by Gasteiger charge is 2.12. The lowest BCUT2D eigenvalue weighted by Crippen LogP contribution is -1.93. The summed E-state index contributed by atoms with van der Waals surface area (Å²) >= 11 is 1.52. The zero-order valence-electron chi connectivity index (χ0n) is 9.43. The lowest BCUT2D eigenvalue weighted by atomic mass is 10.1. The molecule has 2 N–H and O–H groups in total. The third-order valence-corrected chi connectivity index (χ3v) is 3.22. The molecule has 16 heavy (non-hydrogen) atoms. The minimum atomic E-state index is 0.534. The Morgan fingerprint density at radius 1 is 1.50 bits per heavy atom. The maximum Gasteiger partial charge on any atom is 0.270 e. The van der Waals surface area contributed by atoms with Crippen molar-refractivity contribution in [3.05, 3.63) is 17.3 Å². The number of aryl methyl sites for hydroxylation is 1. The summed E-state index contributed by atoms with van der Waals surface area (Å²) in [7, 11) is 0. The van der Waals surface area contributed by atoms with Gasteiger partial charge < -0.3 is 10.3 Å². The van der Waals surface area contributed by atoms with Gasteiger partial charge in [-0.3, -0.25) is 0 Å². The van der Waals surface area contributed by atoms with E-state index in [0.29, 0.717) is 17.5 Å². The van der Waals surface area contributed by atoms with E-state index in [-0.39, 0.29) is 0 Å². The van der Waals surface area contributed by atoms with Crippen molar-refractivity contribution < 1.29 is 4.52 Å². The lowest BCUT2D eigenvalue weighted by molar-refractivity contribution is 0.420. The number of hydrogen-bond acceptors (Lipinski definition) is 5. The maximum absolute atomic E-state index is 5.79. The van der Waals surface area contributed by atoms with Gasteiger partial charge in [-0.2, -0.15) is 4.98 Å². The Balaban J connectivity index is 2.11. The van der Waals surface area contributed by atoms with Crippen molar-refractivity contribution >= 4 is 17.0 Å². The van der Waals surface area contributed by atoms with Crippen LogP contribution in [0.5, 0.6) is 0 Å². The molecule has 2 rings (SSSR count). The largest absolute Gasteiger partial charge is 0.397 e. The third-order valence-electron chi connectivity index (χ3n) is 2.30. The van der Waals surface area contributed by atoms with Gasteiger partial charge >= 0.3 is 0 Å². The van der Waals surface area contributed by atoms with E-state index < -0.39 is 0 Å². The van der Waals surface area contributed by atoms with Gasteiger partial charge in [-0.05, 0) is 23.8 Å². The van der Waals surface area contributed by atoms with Gasteiger partial charge in [0.1, 0.15) is 4.88 Å². The van der Waals surface area contributed by atoms with Gasteiger partial charge in [0.05, 0.1) is 5.69 Å². The SMILES string of the molecule is CC(C)CCc1noc(-c2sccc2N)n1. The zero-order valence-corrected chi connectivity index (χ0v) is 10.3. The highest BCUT2D eigenvalue weighted by molar-refractivity contribution is 7.14. The van der Waals surface area contributed by atoms with E-state index in [4.69, 9.17) is 10.3 Å². The molecule has 0 amide bonds. The van der Waals surface area contributed by atoms with Crippen LogP contribution in [0.1, 0.15) is 26.1 Å². The summed E-state index contributed by atoms with van der Waals surface area (Å²) < 4.78 is 5.19. The Morgan fingerprint density at radius 2 is 2.31 bits per heavy atom. The minimum absolute atomic E-state index is 0.534. The number of thiophene rings is 1. The summed E-state index contributed by atoms with van der Waals surface area (Å²) in [6.07, 6.45) is 1.92. The molecule has 0 aliphatic rings. The second-order valence-electron chi connectivity index (χ2n) is 4.15. The molecule has 0 atom stereocenters. The molecule has 0 unspecified atom stereocenters. The number of anilines is 1.